The smallest absolute Gasteiger partial charge is 0.298 e. The maximum absolute atomic E-state index is 12.8. The molecule has 23 heavy (non-hydrogen) atoms. The van der Waals surface area contributed by atoms with Crippen LogP contribution in [0.15, 0.2) is 49.1 Å². The maximum atomic E-state index is 12.8. The Balaban J connectivity index is 2.03. The molecule has 2 aromatic heterocycles. The third-order valence-electron chi connectivity index (χ3n) is 3.43. The first-order chi connectivity index (χ1) is 11.1. The van der Waals surface area contributed by atoms with E-state index in [1.54, 1.807) is 15.5 Å². The second-order valence-corrected chi connectivity index (χ2v) is 5.23. The van der Waals surface area contributed by atoms with Crippen molar-refractivity contribution in [3.05, 3.63) is 66.3 Å². The van der Waals surface area contributed by atoms with Crippen LogP contribution >= 0.6 is 0 Å². The molecular weight excluding hydrogens is 290 g/mol. The van der Waals surface area contributed by atoms with Crippen LogP contribution in [-0.4, -0.2) is 32.0 Å². The van der Waals surface area contributed by atoms with Gasteiger partial charge < -0.3 is 4.90 Å². The van der Waals surface area contributed by atoms with Gasteiger partial charge in [0.15, 0.2) is 0 Å². The van der Waals surface area contributed by atoms with Gasteiger partial charge in [-0.1, -0.05) is 24.3 Å². The third-order valence-corrected chi connectivity index (χ3v) is 3.43. The zero-order valence-corrected chi connectivity index (χ0v) is 13.1. The number of fused-ring (bicyclic) bond motifs is 1. The van der Waals surface area contributed by atoms with Crippen LogP contribution in [0.4, 0.5) is 5.69 Å². The number of carbonyl (C=O) groups excluding carboxylic acids is 1. The first kappa shape index (κ1) is 14.9. The average molecular weight is 307 g/mol. The summed E-state index contributed by atoms with van der Waals surface area (Å²) in [5, 5.41) is 4.30. The molecule has 0 spiro atoms. The Morgan fingerprint density at radius 3 is 2.70 bits per heavy atom. The van der Waals surface area contributed by atoms with E-state index in [0.29, 0.717) is 12.3 Å². The second kappa shape index (κ2) is 6.00. The average Bonchev–Trinajstić information content (AvgIpc) is 2.97. The number of nitrogens with zero attached hydrogens (tertiary/aromatic N) is 5. The Morgan fingerprint density at radius 2 is 2.00 bits per heavy atom. The largest absolute Gasteiger partial charge is 0.302 e. The third kappa shape index (κ3) is 2.83. The summed E-state index contributed by atoms with van der Waals surface area (Å²) in [7, 11) is 0. The lowest BCUT2D eigenvalue weighted by molar-refractivity contribution is 0.0980. The zero-order valence-electron chi connectivity index (χ0n) is 13.1. The molecule has 0 radical (unpaired) electrons. The van der Waals surface area contributed by atoms with Crippen molar-refractivity contribution in [1.29, 1.82) is 0 Å². The van der Waals surface area contributed by atoms with Crippen LogP contribution in [0.5, 0.6) is 0 Å². The maximum Gasteiger partial charge on any atom is 0.298 e. The Kier molecular flexibility index (Phi) is 3.89. The highest BCUT2D eigenvalue weighted by molar-refractivity contribution is 6.03. The number of amides is 1. The summed E-state index contributed by atoms with van der Waals surface area (Å²) in [5.41, 5.74) is 2.50. The van der Waals surface area contributed by atoms with E-state index >= 15 is 0 Å². The molecule has 0 aliphatic heterocycles. The van der Waals surface area contributed by atoms with E-state index < -0.39 is 0 Å². The van der Waals surface area contributed by atoms with E-state index in [2.05, 4.69) is 21.6 Å². The topological polar surface area (TPSA) is 63.4 Å². The molecule has 6 heteroatoms. The van der Waals surface area contributed by atoms with Gasteiger partial charge in [0.25, 0.3) is 11.7 Å². The van der Waals surface area contributed by atoms with Crippen LogP contribution in [0.2, 0.25) is 0 Å². The number of para-hydroxylation sites is 1. The van der Waals surface area contributed by atoms with E-state index in [4.69, 9.17) is 0 Å². The number of benzene rings is 1. The van der Waals surface area contributed by atoms with Crippen molar-refractivity contribution in [2.45, 2.75) is 13.8 Å². The Hall–Kier alpha value is -3.02. The fourth-order valence-electron chi connectivity index (χ4n) is 2.42. The summed E-state index contributed by atoms with van der Waals surface area (Å²) >= 11 is 0. The molecule has 0 aliphatic rings. The van der Waals surface area contributed by atoms with E-state index in [9.17, 15) is 4.79 Å². The van der Waals surface area contributed by atoms with E-state index in [1.165, 1.54) is 0 Å². The summed E-state index contributed by atoms with van der Waals surface area (Å²) < 4.78 is 1.58. The fourth-order valence-corrected chi connectivity index (χ4v) is 2.42. The molecule has 0 saturated heterocycles. The summed E-state index contributed by atoms with van der Waals surface area (Å²) in [6.45, 7) is 7.89. The van der Waals surface area contributed by atoms with E-state index in [1.807, 2.05) is 50.2 Å². The minimum Gasteiger partial charge on any atom is -0.302 e. The van der Waals surface area contributed by atoms with Crippen molar-refractivity contribution in [1.82, 2.24) is 19.6 Å². The van der Waals surface area contributed by atoms with Crippen LogP contribution < -0.4 is 4.90 Å². The van der Waals surface area contributed by atoms with Crippen LogP contribution in [0.1, 0.15) is 22.0 Å². The molecule has 3 rings (SSSR count). The van der Waals surface area contributed by atoms with Crippen LogP contribution in [0, 0.1) is 13.8 Å². The van der Waals surface area contributed by atoms with Gasteiger partial charge in [-0.25, -0.2) is 9.50 Å². The van der Waals surface area contributed by atoms with E-state index in [0.717, 1.165) is 17.1 Å². The van der Waals surface area contributed by atoms with Gasteiger partial charge in [0.1, 0.15) is 0 Å². The van der Waals surface area contributed by atoms with Crippen molar-refractivity contribution in [2.75, 3.05) is 11.4 Å². The number of hydrogen-bond acceptors (Lipinski definition) is 4. The predicted molar refractivity (Wildman–Crippen MR) is 88.6 cm³/mol. The number of aryl methyl sites for hydroxylation is 2. The highest BCUT2D eigenvalue weighted by atomic mass is 16.2. The molecule has 6 nitrogen and oxygen atoms in total. The second-order valence-electron chi connectivity index (χ2n) is 5.23. The molecular formula is C17H17N5O. The fraction of sp³-hybridized carbons (Fsp3) is 0.176. The van der Waals surface area contributed by atoms with Crippen molar-refractivity contribution in [3.63, 3.8) is 0 Å². The zero-order chi connectivity index (χ0) is 16.4. The van der Waals surface area contributed by atoms with Crippen LogP contribution in [0.25, 0.3) is 5.78 Å². The van der Waals surface area contributed by atoms with Gasteiger partial charge in [-0.15, -0.1) is 11.7 Å². The summed E-state index contributed by atoms with van der Waals surface area (Å²) in [5.74, 6) is 0.271. The minimum atomic E-state index is -0.279. The molecule has 0 saturated carbocycles. The first-order valence-electron chi connectivity index (χ1n) is 7.29. The lowest BCUT2D eigenvalue weighted by Crippen LogP contribution is -2.31. The number of aromatic nitrogens is 4. The molecule has 3 aromatic rings. The van der Waals surface area contributed by atoms with Gasteiger partial charge in [0.2, 0.25) is 5.82 Å². The van der Waals surface area contributed by atoms with Crippen molar-refractivity contribution < 1.29 is 4.79 Å². The Morgan fingerprint density at radius 1 is 1.26 bits per heavy atom. The first-order valence-corrected chi connectivity index (χ1v) is 7.29. The SMILES string of the molecule is C=CCN(C(=O)c1nc2nc(C)cc(C)n2n1)c1ccccc1. The Bertz CT molecular complexity index is 869. The number of anilines is 1. The molecule has 1 amide bonds. The van der Waals surface area contributed by atoms with Crippen LogP contribution in [0.3, 0.4) is 0 Å². The number of rotatable bonds is 4. The molecule has 1 aromatic carbocycles. The normalized spacial score (nSPS) is 10.7. The number of carbonyl (C=O) groups is 1. The van der Waals surface area contributed by atoms with Gasteiger partial charge in [-0.05, 0) is 32.0 Å². The summed E-state index contributed by atoms with van der Waals surface area (Å²) in [6, 6.07) is 11.3. The quantitative estimate of drug-likeness (QED) is 0.695. The van der Waals surface area contributed by atoms with Gasteiger partial charge >= 0.3 is 0 Å². The van der Waals surface area contributed by atoms with Crippen LogP contribution in [-0.2, 0) is 0 Å². The molecule has 116 valence electrons. The predicted octanol–water partition coefficient (Wildman–Crippen LogP) is 2.57. The standard InChI is InChI=1S/C17H17N5O/c1-4-10-21(14-8-6-5-7-9-14)16(23)15-19-17-18-12(2)11-13(3)22(17)20-15/h4-9,11H,1,10H2,2-3H3. The highest BCUT2D eigenvalue weighted by Gasteiger charge is 2.22. The van der Waals surface area contributed by atoms with Gasteiger partial charge in [0.05, 0.1) is 0 Å². The molecule has 2 heterocycles. The molecule has 0 fully saturated rings. The lowest BCUT2D eigenvalue weighted by atomic mass is 10.2. The monoisotopic (exact) mass is 307 g/mol. The number of hydrogen-bond donors (Lipinski definition) is 0. The minimum absolute atomic E-state index is 0.122. The Labute approximate surface area is 134 Å². The van der Waals surface area contributed by atoms with Crippen molar-refractivity contribution in [2.24, 2.45) is 0 Å². The summed E-state index contributed by atoms with van der Waals surface area (Å²) in [4.78, 5) is 23.0. The van der Waals surface area contributed by atoms with E-state index in [-0.39, 0.29) is 11.7 Å². The molecule has 0 N–H and O–H groups in total. The summed E-state index contributed by atoms with van der Waals surface area (Å²) in [6.07, 6.45) is 1.67. The van der Waals surface area contributed by atoms with Gasteiger partial charge in [-0.3, -0.25) is 4.79 Å². The van der Waals surface area contributed by atoms with Gasteiger partial charge in [0, 0.05) is 23.6 Å². The molecule has 0 atom stereocenters. The molecule has 0 aliphatic carbocycles. The van der Waals surface area contributed by atoms with Gasteiger partial charge in [-0.2, -0.15) is 4.98 Å². The van der Waals surface area contributed by atoms with Crippen molar-refractivity contribution in [3.8, 4) is 0 Å². The molecule has 0 unspecified atom stereocenters. The lowest BCUT2D eigenvalue weighted by Gasteiger charge is -2.19. The molecule has 0 bridgehead atoms. The highest BCUT2D eigenvalue weighted by Crippen LogP contribution is 2.16. The van der Waals surface area contributed by atoms with Crippen molar-refractivity contribution >= 4 is 17.4 Å².